The number of hydrogen-bond acceptors (Lipinski definition) is 4. The molecule has 4 nitrogen and oxygen atoms in total. The monoisotopic (exact) mass is 235 g/mol. The van der Waals surface area contributed by atoms with E-state index in [1.807, 2.05) is 0 Å². The van der Waals surface area contributed by atoms with E-state index in [0.29, 0.717) is 12.6 Å². The summed E-state index contributed by atoms with van der Waals surface area (Å²) >= 11 is 0. The number of rotatable bonds is 11. The van der Waals surface area contributed by atoms with Crippen molar-refractivity contribution in [2.45, 2.75) is 46.1 Å². The van der Waals surface area contributed by atoms with E-state index in [1.54, 1.807) is 0 Å². The summed E-state index contributed by atoms with van der Waals surface area (Å²) < 4.78 is 0. The van der Waals surface area contributed by atoms with Crippen molar-refractivity contribution >= 4 is 0 Å². The zero-order chi connectivity index (χ0) is 12.2. The SMILES string of the molecule is C=C(NCCCCC)NOCCNC(C)C.[HH].[HH].[HH]. The third-order valence-corrected chi connectivity index (χ3v) is 2.07. The predicted molar refractivity (Wildman–Crippen MR) is 75.2 cm³/mol. The van der Waals surface area contributed by atoms with Crippen LogP contribution in [0.5, 0.6) is 0 Å². The Kier molecular flexibility index (Phi) is 10.3. The number of hydroxylamine groups is 1. The largest absolute Gasteiger partial charge is 0.371 e. The average Bonchev–Trinajstić information content (AvgIpc) is 2.23. The molecule has 0 radical (unpaired) electrons. The van der Waals surface area contributed by atoms with Crippen LogP contribution in [-0.2, 0) is 4.84 Å². The lowest BCUT2D eigenvalue weighted by molar-refractivity contribution is 0.0595. The molecule has 0 spiro atoms. The highest BCUT2D eigenvalue weighted by molar-refractivity contribution is 4.83. The maximum atomic E-state index is 5.23. The van der Waals surface area contributed by atoms with Crippen molar-refractivity contribution in [2.75, 3.05) is 19.7 Å². The molecule has 0 bridgehead atoms. The molecule has 0 aromatic carbocycles. The third-order valence-electron chi connectivity index (χ3n) is 2.07. The normalized spacial score (nSPS) is 10.5. The van der Waals surface area contributed by atoms with E-state index in [2.05, 4.69) is 43.5 Å². The summed E-state index contributed by atoms with van der Waals surface area (Å²) in [5.41, 5.74) is 2.79. The first kappa shape index (κ1) is 15.3. The zero-order valence-electron chi connectivity index (χ0n) is 10.9. The van der Waals surface area contributed by atoms with Gasteiger partial charge in [-0.3, -0.25) is 10.3 Å². The Morgan fingerprint density at radius 3 is 2.69 bits per heavy atom. The smallest absolute Gasteiger partial charge is 0.116 e. The first-order valence-corrected chi connectivity index (χ1v) is 6.20. The predicted octanol–water partition coefficient (Wildman–Crippen LogP) is 2.49. The molecule has 0 aliphatic heterocycles. The van der Waals surface area contributed by atoms with Crippen LogP contribution in [0.4, 0.5) is 0 Å². The molecule has 0 rings (SSSR count). The summed E-state index contributed by atoms with van der Waals surface area (Å²) in [6.45, 7) is 12.7. The van der Waals surface area contributed by atoms with Gasteiger partial charge in [0.1, 0.15) is 5.82 Å². The molecule has 0 heterocycles. The van der Waals surface area contributed by atoms with E-state index in [1.165, 1.54) is 19.3 Å². The molecule has 0 fully saturated rings. The number of hydrogen-bond donors (Lipinski definition) is 3. The van der Waals surface area contributed by atoms with E-state index in [4.69, 9.17) is 4.84 Å². The molecular weight excluding hydrogens is 202 g/mol. The second kappa shape index (κ2) is 10.8. The van der Waals surface area contributed by atoms with E-state index in [-0.39, 0.29) is 4.28 Å². The van der Waals surface area contributed by atoms with Crippen LogP contribution in [0.3, 0.4) is 0 Å². The van der Waals surface area contributed by atoms with Gasteiger partial charge in [0.05, 0.1) is 6.61 Å². The molecule has 4 heteroatoms. The Bertz CT molecular complexity index is 184. The second-order valence-corrected chi connectivity index (χ2v) is 4.17. The molecule has 0 amide bonds. The fourth-order valence-electron chi connectivity index (χ4n) is 1.19. The van der Waals surface area contributed by atoms with Crippen molar-refractivity contribution in [3.63, 3.8) is 0 Å². The quantitative estimate of drug-likeness (QED) is 0.380. The summed E-state index contributed by atoms with van der Waals surface area (Å²) in [6, 6.07) is 0.499. The first-order valence-electron chi connectivity index (χ1n) is 6.20. The molecule has 102 valence electrons. The van der Waals surface area contributed by atoms with Crippen LogP contribution in [0.15, 0.2) is 12.4 Å². The minimum atomic E-state index is 0. The molecule has 0 aromatic rings. The highest BCUT2D eigenvalue weighted by atomic mass is 16.6. The molecule has 16 heavy (non-hydrogen) atoms. The summed E-state index contributed by atoms with van der Waals surface area (Å²) in [4.78, 5) is 5.23. The Balaban J connectivity index is -0.000000375. The summed E-state index contributed by atoms with van der Waals surface area (Å²) in [5, 5.41) is 6.43. The molecule has 0 atom stereocenters. The molecule has 0 aliphatic rings. The maximum Gasteiger partial charge on any atom is 0.116 e. The molecule has 0 unspecified atom stereocenters. The second-order valence-electron chi connectivity index (χ2n) is 4.17. The number of unbranched alkanes of at least 4 members (excludes halogenated alkanes) is 2. The van der Waals surface area contributed by atoms with Crippen molar-refractivity contribution in [3.8, 4) is 0 Å². The third kappa shape index (κ3) is 11.3. The Hall–Kier alpha value is -0.740. The van der Waals surface area contributed by atoms with Crippen LogP contribution in [0.2, 0.25) is 0 Å². The van der Waals surface area contributed by atoms with Crippen LogP contribution < -0.4 is 16.1 Å². The van der Waals surface area contributed by atoms with Crippen molar-refractivity contribution in [1.82, 2.24) is 16.1 Å². The van der Waals surface area contributed by atoms with Gasteiger partial charge in [-0.05, 0) is 6.42 Å². The highest BCUT2D eigenvalue weighted by Crippen LogP contribution is 1.91. The minimum Gasteiger partial charge on any atom is -0.371 e. The van der Waals surface area contributed by atoms with E-state index in [9.17, 15) is 0 Å². The van der Waals surface area contributed by atoms with Gasteiger partial charge in [0, 0.05) is 23.4 Å². The minimum absolute atomic E-state index is 0. The van der Waals surface area contributed by atoms with Gasteiger partial charge in [-0.15, -0.1) is 0 Å². The summed E-state index contributed by atoms with van der Waals surface area (Å²) in [7, 11) is 0. The van der Waals surface area contributed by atoms with Gasteiger partial charge < -0.3 is 10.6 Å². The molecule has 0 aromatic heterocycles. The average molecular weight is 235 g/mol. The van der Waals surface area contributed by atoms with Gasteiger partial charge in [-0.1, -0.05) is 40.2 Å². The topological polar surface area (TPSA) is 45.3 Å². The standard InChI is InChI=1S/C12H27N3O.3H2/c1-5-6-7-8-14-12(4)15-16-10-9-13-11(2)3;;;/h11,13-15H,4-10H2,1-3H3;3*1H. The molecule has 0 saturated carbocycles. The van der Waals surface area contributed by atoms with Crippen molar-refractivity contribution in [3.05, 3.63) is 12.4 Å². The van der Waals surface area contributed by atoms with E-state index < -0.39 is 0 Å². The van der Waals surface area contributed by atoms with Crippen molar-refractivity contribution in [2.24, 2.45) is 0 Å². The highest BCUT2D eigenvalue weighted by Gasteiger charge is 1.94. The van der Waals surface area contributed by atoms with Gasteiger partial charge >= 0.3 is 0 Å². The lowest BCUT2D eigenvalue weighted by Crippen LogP contribution is -2.31. The summed E-state index contributed by atoms with van der Waals surface area (Å²) in [5.74, 6) is 0.737. The fraction of sp³-hybridized carbons (Fsp3) is 0.833. The van der Waals surface area contributed by atoms with E-state index >= 15 is 0 Å². The van der Waals surface area contributed by atoms with Gasteiger partial charge in [0.2, 0.25) is 0 Å². The van der Waals surface area contributed by atoms with Crippen LogP contribution in [0.1, 0.15) is 44.3 Å². The van der Waals surface area contributed by atoms with Crippen LogP contribution in [0.25, 0.3) is 0 Å². The van der Waals surface area contributed by atoms with Gasteiger partial charge in [-0.25, -0.2) is 0 Å². The van der Waals surface area contributed by atoms with Gasteiger partial charge in [0.25, 0.3) is 0 Å². The fourth-order valence-corrected chi connectivity index (χ4v) is 1.19. The molecule has 0 aliphatic carbocycles. The van der Waals surface area contributed by atoms with Crippen LogP contribution in [0, 0.1) is 0 Å². The van der Waals surface area contributed by atoms with E-state index in [0.717, 1.165) is 18.9 Å². The lowest BCUT2D eigenvalue weighted by Gasteiger charge is -2.12. The molecule has 0 saturated heterocycles. The van der Waals surface area contributed by atoms with Gasteiger partial charge in [0.15, 0.2) is 0 Å². The zero-order valence-corrected chi connectivity index (χ0v) is 10.9. The van der Waals surface area contributed by atoms with Crippen molar-refractivity contribution < 1.29 is 9.12 Å². The lowest BCUT2D eigenvalue weighted by atomic mass is 10.2. The summed E-state index contributed by atoms with van der Waals surface area (Å²) in [6.07, 6.45) is 3.66. The molecular formula is C12H33N3O. The Morgan fingerprint density at radius 1 is 1.31 bits per heavy atom. The van der Waals surface area contributed by atoms with Crippen LogP contribution in [-0.4, -0.2) is 25.7 Å². The first-order chi connectivity index (χ1) is 7.66. The Morgan fingerprint density at radius 2 is 2.06 bits per heavy atom. The van der Waals surface area contributed by atoms with Gasteiger partial charge in [-0.2, -0.15) is 0 Å². The molecule has 3 N–H and O–H groups in total. The van der Waals surface area contributed by atoms with Crippen LogP contribution >= 0.6 is 0 Å². The Labute approximate surface area is 104 Å². The number of nitrogens with one attached hydrogen (secondary N) is 3. The van der Waals surface area contributed by atoms with Crippen molar-refractivity contribution in [1.29, 1.82) is 0 Å². The maximum absolute atomic E-state index is 5.23.